The largest absolute Gasteiger partial charge is 0.444 e. The van der Waals surface area contributed by atoms with Crippen molar-refractivity contribution in [1.82, 2.24) is 14.7 Å². The van der Waals surface area contributed by atoms with Crippen molar-refractivity contribution in [2.45, 2.75) is 52.7 Å². The van der Waals surface area contributed by atoms with Crippen LogP contribution in [0.5, 0.6) is 0 Å². The van der Waals surface area contributed by atoms with Gasteiger partial charge in [-0.1, -0.05) is 0 Å². The van der Waals surface area contributed by atoms with Gasteiger partial charge in [-0.25, -0.2) is 9.48 Å². The zero-order chi connectivity index (χ0) is 18.1. The monoisotopic (exact) mass is 336 g/mol. The highest BCUT2D eigenvalue weighted by Crippen LogP contribution is 2.17. The van der Waals surface area contributed by atoms with Gasteiger partial charge in [-0.15, -0.1) is 0 Å². The molecule has 7 nitrogen and oxygen atoms in total. The van der Waals surface area contributed by atoms with E-state index in [4.69, 9.17) is 4.74 Å². The van der Waals surface area contributed by atoms with Crippen molar-refractivity contribution >= 4 is 11.9 Å². The standard InChI is InChI=1S/C17H28N4O3/c1-16(2,3)21-14(22)8-7-13(18-21)19-9-11-20(12-10-19)15(23)24-17(4,5)6/h7-8H,9-12H2,1-6H3. The zero-order valence-corrected chi connectivity index (χ0v) is 15.5. The number of aromatic nitrogens is 2. The van der Waals surface area contributed by atoms with Gasteiger partial charge >= 0.3 is 6.09 Å². The number of carbonyl (C=O) groups excluding carboxylic acids is 1. The van der Waals surface area contributed by atoms with Gasteiger partial charge < -0.3 is 14.5 Å². The molecule has 24 heavy (non-hydrogen) atoms. The van der Waals surface area contributed by atoms with Crippen LogP contribution in [-0.4, -0.2) is 52.6 Å². The summed E-state index contributed by atoms with van der Waals surface area (Å²) >= 11 is 0. The van der Waals surface area contributed by atoms with E-state index in [1.807, 2.05) is 41.5 Å². The van der Waals surface area contributed by atoms with E-state index in [-0.39, 0.29) is 17.2 Å². The van der Waals surface area contributed by atoms with E-state index in [9.17, 15) is 9.59 Å². The fraction of sp³-hybridized carbons (Fsp3) is 0.706. The molecule has 0 saturated carbocycles. The van der Waals surface area contributed by atoms with Crippen LogP contribution in [0.3, 0.4) is 0 Å². The molecule has 1 aromatic rings. The Morgan fingerprint density at radius 1 is 1.04 bits per heavy atom. The van der Waals surface area contributed by atoms with Crippen molar-refractivity contribution in [2.75, 3.05) is 31.1 Å². The van der Waals surface area contributed by atoms with E-state index < -0.39 is 5.60 Å². The summed E-state index contributed by atoms with van der Waals surface area (Å²) in [7, 11) is 0. The molecule has 0 N–H and O–H groups in total. The van der Waals surface area contributed by atoms with Crippen LogP contribution >= 0.6 is 0 Å². The molecular weight excluding hydrogens is 308 g/mol. The molecule has 0 aliphatic carbocycles. The number of anilines is 1. The third-order valence-electron chi connectivity index (χ3n) is 3.68. The molecule has 0 spiro atoms. The predicted molar refractivity (Wildman–Crippen MR) is 93.5 cm³/mol. The minimum absolute atomic E-state index is 0.112. The van der Waals surface area contributed by atoms with Gasteiger partial charge in [0, 0.05) is 32.2 Å². The van der Waals surface area contributed by atoms with Crippen LogP contribution < -0.4 is 10.5 Å². The molecule has 0 bridgehead atoms. The first-order chi connectivity index (χ1) is 11.0. The quantitative estimate of drug-likeness (QED) is 0.785. The molecule has 134 valence electrons. The zero-order valence-electron chi connectivity index (χ0n) is 15.5. The van der Waals surface area contributed by atoms with Crippen molar-refractivity contribution in [3.63, 3.8) is 0 Å². The molecular formula is C17H28N4O3. The number of rotatable bonds is 1. The lowest BCUT2D eigenvalue weighted by atomic mass is 10.1. The Kier molecular flexibility index (Phi) is 4.92. The molecule has 7 heteroatoms. The predicted octanol–water partition coefficient (Wildman–Crippen LogP) is 2.06. The first-order valence-corrected chi connectivity index (χ1v) is 8.31. The van der Waals surface area contributed by atoms with E-state index in [2.05, 4.69) is 10.00 Å². The molecule has 1 aliphatic heterocycles. The van der Waals surface area contributed by atoms with Gasteiger partial charge in [0.2, 0.25) is 0 Å². The first-order valence-electron chi connectivity index (χ1n) is 8.31. The van der Waals surface area contributed by atoms with Crippen molar-refractivity contribution < 1.29 is 9.53 Å². The van der Waals surface area contributed by atoms with Gasteiger partial charge in [0.25, 0.3) is 5.56 Å². The maximum atomic E-state index is 12.1. The molecule has 2 heterocycles. The number of hydrogen-bond acceptors (Lipinski definition) is 5. The lowest BCUT2D eigenvalue weighted by Crippen LogP contribution is -2.50. The average molecular weight is 336 g/mol. The SMILES string of the molecule is CC(C)(C)OC(=O)N1CCN(c2ccc(=O)n(C(C)(C)C)n2)CC1. The number of piperazine rings is 1. The summed E-state index contributed by atoms with van der Waals surface area (Å²) in [6.07, 6.45) is -0.283. The molecule has 0 radical (unpaired) electrons. The Bertz CT molecular complexity index is 647. The van der Waals surface area contributed by atoms with Gasteiger partial charge in [-0.05, 0) is 47.6 Å². The normalized spacial score (nSPS) is 16.2. The van der Waals surface area contributed by atoms with Crippen LogP contribution in [0.2, 0.25) is 0 Å². The molecule has 1 amide bonds. The Balaban J connectivity index is 2.05. The minimum atomic E-state index is -0.488. The summed E-state index contributed by atoms with van der Waals surface area (Å²) in [6.45, 7) is 13.9. The number of hydrogen-bond donors (Lipinski definition) is 0. The highest BCUT2D eigenvalue weighted by molar-refractivity contribution is 5.68. The molecule has 0 aromatic carbocycles. The third-order valence-corrected chi connectivity index (χ3v) is 3.68. The lowest BCUT2D eigenvalue weighted by Gasteiger charge is -2.36. The summed E-state index contributed by atoms with van der Waals surface area (Å²) < 4.78 is 6.91. The topological polar surface area (TPSA) is 67.7 Å². The maximum absolute atomic E-state index is 12.1. The van der Waals surface area contributed by atoms with Crippen LogP contribution in [0.4, 0.5) is 10.6 Å². The van der Waals surface area contributed by atoms with Gasteiger partial charge in [0.05, 0.1) is 5.54 Å². The molecule has 0 atom stereocenters. The minimum Gasteiger partial charge on any atom is -0.444 e. The van der Waals surface area contributed by atoms with E-state index >= 15 is 0 Å². The summed E-state index contributed by atoms with van der Waals surface area (Å²) in [6, 6.07) is 3.29. The summed E-state index contributed by atoms with van der Waals surface area (Å²) in [5.74, 6) is 0.758. The summed E-state index contributed by atoms with van der Waals surface area (Å²) in [5.41, 5.74) is -0.970. The van der Waals surface area contributed by atoms with Crippen molar-refractivity contribution in [3.05, 3.63) is 22.5 Å². The van der Waals surface area contributed by atoms with Gasteiger partial charge in [-0.2, -0.15) is 5.10 Å². The van der Waals surface area contributed by atoms with Crippen molar-refractivity contribution in [3.8, 4) is 0 Å². The van der Waals surface area contributed by atoms with Crippen molar-refractivity contribution in [2.24, 2.45) is 0 Å². The number of carbonyl (C=O) groups is 1. The van der Waals surface area contributed by atoms with Gasteiger partial charge in [0.1, 0.15) is 11.4 Å². The molecule has 2 rings (SSSR count). The fourth-order valence-electron chi connectivity index (χ4n) is 2.50. The smallest absolute Gasteiger partial charge is 0.410 e. The second-order valence-electron chi connectivity index (χ2n) is 8.07. The van der Waals surface area contributed by atoms with Gasteiger partial charge in [-0.3, -0.25) is 4.79 Å². The van der Waals surface area contributed by atoms with Gasteiger partial charge in [0.15, 0.2) is 0 Å². The van der Waals surface area contributed by atoms with E-state index in [1.54, 1.807) is 17.0 Å². The Morgan fingerprint density at radius 3 is 2.12 bits per heavy atom. The molecule has 1 aliphatic rings. The molecule has 0 unspecified atom stereocenters. The fourth-order valence-corrected chi connectivity index (χ4v) is 2.50. The second kappa shape index (κ2) is 6.45. The molecule has 1 aromatic heterocycles. The average Bonchev–Trinajstić information content (AvgIpc) is 2.45. The van der Waals surface area contributed by atoms with Crippen LogP contribution in [0, 0.1) is 0 Å². The molecule has 1 saturated heterocycles. The lowest BCUT2D eigenvalue weighted by molar-refractivity contribution is 0.0240. The Labute approximate surface area is 143 Å². The van der Waals surface area contributed by atoms with E-state index in [0.29, 0.717) is 26.2 Å². The summed E-state index contributed by atoms with van der Waals surface area (Å²) in [4.78, 5) is 27.9. The van der Waals surface area contributed by atoms with Crippen LogP contribution in [-0.2, 0) is 10.3 Å². The number of nitrogens with zero attached hydrogens (tertiary/aromatic N) is 4. The Hall–Kier alpha value is -2.05. The highest BCUT2D eigenvalue weighted by Gasteiger charge is 2.27. The summed E-state index contributed by atoms with van der Waals surface area (Å²) in [5, 5.41) is 4.49. The number of amides is 1. The maximum Gasteiger partial charge on any atom is 0.410 e. The van der Waals surface area contributed by atoms with Crippen LogP contribution in [0.15, 0.2) is 16.9 Å². The molecule has 1 fully saturated rings. The van der Waals surface area contributed by atoms with Crippen LogP contribution in [0.1, 0.15) is 41.5 Å². The number of ether oxygens (including phenoxy) is 1. The van der Waals surface area contributed by atoms with Crippen molar-refractivity contribution in [1.29, 1.82) is 0 Å². The van der Waals surface area contributed by atoms with Crippen LogP contribution in [0.25, 0.3) is 0 Å². The first kappa shape index (κ1) is 18.3. The highest BCUT2D eigenvalue weighted by atomic mass is 16.6. The van der Waals surface area contributed by atoms with E-state index in [0.717, 1.165) is 5.82 Å². The third kappa shape index (κ3) is 4.49. The Morgan fingerprint density at radius 2 is 1.62 bits per heavy atom. The van der Waals surface area contributed by atoms with E-state index in [1.165, 1.54) is 4.68 Å². The second-order valence-corrected chi connectivity index (χ2v) is 8.07.